The van der Waals surface area contributed by atoms with Crippen molar-refractivity contribution in [3.8, 4) is 0 Å². The third-order valence-electron chi connectivity index (χ3n) is 22.0. The van der Waals surface area contributed by atoms with E-state index < -0.39 is 0 Å². The van der Waals surface area contributed by atoms with Crippen LogP contribution in [0.15, 0.2) is 48.6 Å². The smallest absolute Gasteiger partial charge is 0.789 e. The van der Waals surface area contributed by atoms with Crippen molar-refractivity contribution >= 4 is 136 Å². The molecule has 0 spiro atoms. The number of allylic oxidation sites excluding steroid dienone is 8. The Balaban J connectivity index is -0.000000195. The van der Waals surface area contributed by atoms with Crippen LogP contribution in [0.25, 0.3) is 0 Å². The van der Waals surface area contributed by atoms with Crippen LogP contribution < -0.4 is 0 Å². The SMILES string of the molecule is C.C.CCCCCCCCCCCCCCCCC/C=C/CCCCC(=O)OCC[S-].CCCCCCCCCCCCCCCCC/C=C/CCCCC(=O)OCC[S-].CCCCCCCCCCCCCCCCC/C=C/CCCCC(=O)OCC[S-].CCCCCCCCCCCCCCCCC/C=C/CCCCC(=O)OCC[S-].S.[Sn+2].[Sn+2]. The molecular formula is C106H206O8S5Sn2. The molecule has 0 aromatic rings. The first-order valence-electron chi connectivity index (χ1n) is 50.8. The van der Waals surface area contributed by atoms with Crippen LogP contribution in [0.4, 0.5) is 0 Å². The molecule has 716 valence electrons. The fourth-order valence-electron chi connectivity index (χ4n) is 14.5. The molecular weight excluding hydrogens is 1800 g/mol. The topological polar surface area (TPSA) is 105 Å². The van der Waals surface area contributed by atoms with Gasteiger partial charge in [0.15, 0.2) is 0 Å². The van der Waals surface area contributed by atoms with Crippen LogP contribution >= 0.6 is 13.5 Å². The van der Waals surface area contributed by atoms with Gasteiger partial charge in [0.2, 0.25) is 0 Å². The van der Waals surface area contributed by atoms with E-state index in [-0.39, 0.29) is 100 Å². The van der Waals surface area contributed by atoms with E-state index in [4.69, 9.17) is 69.5 Å². The Morgan fingerprint density at radius 1 is 0.182 bits per heavy atom. The quantitative estimate of drug-likeness (QED) is 0.0145. The Morgan fingerprint density at radius 2 is 0.281 bits per heavy atom. The fraction of sp³-hybridized carbons (Fsp3) is 0.887. The van der Waals surface area contributed by atoms with Gasteiger partial charge < -0.3 is 69.5 Å². The van der Waals surface area contributed by atoms with Gasteiger partial charge in [-0.2, -0.15) is 13.5 Å². The van der Waals surface area contributed by atoms with Crippen LogP contribution in [0.2, 0.25) is 0 Å². The molecule has 0 heterocycles. The first-order chi connectivity index (χ1) is 57.2. The number of hydrogen-bond acceptors (Lipinski definition) is 12. The molecule has 0 aromatic heterocycles. The minimum Gasteiger partial charge on any atom is -0.789 e. The average Bonchev–Trinajstić information content (AvgIpc) is 1.07. The number of unbranched alkanes of at least 4 members (excludes halogenated alkanes) is 68. The molecule has 4 radical (unpaired) electrons. The summed E-state index contributed by atoms with van der Waals surface area (Å²) in [7, 11) is 0. The summed E-state index contributed by atoms with van der Waals surface area (Å²) in [6, 6.07) is 0. The van der Waals surface area contributed by atoms with Crippen LogP contribution in [-0.4, -0.2) is 121 Å². The second-order valence-corrected chi connectivity index (χ2v) is 35.2. The summed E-state index contributed by atoms with van der Waals surface area (Å²) >= 11 is 19.0. The van der Waals surface area contributed by atoms with Crippen molar-refractivity contribution in [3.63, 3.8) is 0 Å². The van der Waals surface area contributed by atoms with Gasteiger partial charge in [0, 0.05) is 25.7 Å². The van der Waals surface area contributed by atoms with Crippen molar-refractivity contribution in [2.24, 2.45) is 0 Å². The molecule has 0 fully saturated rings. The van der Waals surface area contributed by atoms with Crippen LogP contribution in [0, 0.1) is 0 Å². The van der Waals surface area contributed by atoms with Crippen LogP contribution in [-0.2, 0) is 88.6 Å². The van der Waals surface area contributed by atoms with Crippen molar-refractivity contribution in [2.45, 2.75) is 556 Å². The Morgan fingerprint density at radius 3 is 0.388 bits per heavy atom. The number of rotatable bonds is 92. The Labute approximate surface area is 820 Å². The van der Waals surface area contributed by atoms with E-state index in [9.17, 15) is 19.2 Å². The molecule has 0 aliphatic heterocycles. The molecule has 15 heteroatoms. The summed E-state index contributed by atoms with van der Waals surface area (Å²) in [6.45, 7) is 10.7. The number of carbonyl (C=O) groups excluding carboxylic acids is 4. The standard InChI is InChI=1S/4C26H50O2S.2CH4.H2S.2Sn/c4*1-2-3-4-5-6-7-8-9-10-11-12-13-14-15-16-17-18-19-20-21-22-23-26(27)28-24-25-29;;;;;/h4*18-19,29H,2-17,20-25H2,1H3;2*1H4;1H2;;/q;;;;;;;2*+2/p-4/b4*19-18+;;;;;. The molecule has 0 bridgehead atoms. The zero-order chi connectivity index (χ0) is 85.0. The van der Waals surface area contributed by atoms with E-state index in [1.165, 1.54) is 411 Å². The van der Waals surface area contributed by atoms with Crippen LogP contribution in [0.5, 0.6) is 0 Å². The molecule has 0 aromatic carbocycles. The summed E-state index contributed by atoms with van der Waals surface area (Å²) < 4.78 is 19.9. The molecule has 0 N–H and O–H groups in total. The predicted octanol–water partition coefficient (Wildman–Crippen LogP) is 34.4. The van der Waals surface area contributed by atoms with Crippen molar-refractivity contribution in [1.29, 1.82) is 0 Å². The Kier molecular flexibility index (Phi) is 156. The number of carbonyl (C=O) groups is 4. The molecule has 0 rings (SSSR count). The zero-order valence-electron chi connectivity index (χ0n) is 79.2. The normalized spacial score (nSPS) is 10.9. The summed E-state index contributed by atoms with van der Waals surface area (Å²) in [4.78, 5) is 45.3. The third kappa shape index (κ3) is 143. The van der Waals surface area contributed by atoms with E-state index in [0.717, 1.165) is 77.0 Å². The van der Waals surface area contributed by atoms with Gasteiger partial charge in [-0.3, -0.25) is 19.2 Å². The van der Waals surface area contributed by atoms with Gasteiger partial charge in [-0.1, -0.05) is 451 Å². The van der Waals surface area contributed by atoms with Gasteiger partial charge in [0.05, 0.1) is 26.4 Å². The van der Waals surface area contributed by atoms with Gasteiger partial charge in [-0.05, 0) is 128 Å². The fourth-order valence-corrected chi connectivity index (χ4v) is 14.8. The van der Waals surface area contributed by atoms with E-state index >= 15 is 0 Å². The van der Waals surface area contributed by atoms with E-state index in [0.29, 0.717) is 75.1 Å². The first kappa shape index (κ1) is 139. The summed E-state index contributed by atoms with van der Waals surface area (Å²) in [5.41, 5.74) is 0. The summed E-state index contributed by atoms with van der Waals surface area (Å²) in [5.74, 6) is 1.57. The molecule has 0 amide bonds. The minimum atomic E-state index is -0.100. The van der Waals surface area contributed by atoms with Crippen molar-refractivity contribution in [2.75, 3.05) is 49.4 Å². The van der Waals surface area contributed by atoms with Crippen molar-refractivity contribution < 1.29 is 38.1 Å². The second kappa shape index (κ2) is 136. The van der Waals surface area contributed by atoms with E-state index in [2.05, 4.69) is 76.3 Å². The molecule has 0 unspecified atom stereocenters. The summed E-state index contributed by atoms with van der Waals surface area (Å²) in [6.07, 6.45) is 123. The molecule has 0 atom stereocenters. The molecule has 0 saturated carbocycles. The van der Waals surface area contributed by atoms with Gasteiger partial charge in [0.1, 0.15) is 0 Å². The maximum atomic E-state index is 11.3. The monoisotopic (exact) mass is 2010 g/mol. The summed E-state index contributed by atoms with van der Waals surface area (Å²) in [5, 5.41) is 0. The maximum Gasteiger partial charge on any atom is 2.00 e. The number of hydrogen-bond donors (Lipinski definition) is 0. The maximum absolute atomic E-state index is 11.3. The Hall–Kier alpha value is 0.187. The molecule has 121 heavy (non-hydrogen) atoms. The molecule has 0 aliphatic rings. The van der Waals surface area contributed by atoms with Gasteiger partial charge in [0.25, 0.3) is 0 Å². The van der Waals surface area contributed by atoms with Gasteiger partial charge in [-0.15, -0.1) is 23.0 Å². The number of ether oxygens (including phenoxy) is 4. The zero-order valence-corrected chi connectivity index (χ0v) is 89.2. The molecule has 0 aliphatic carbocycles. The van der Waals surface area contributed by atoms with Gasteiger partial charge in [-0.25, -0.2) is 0 Å². The van der Waals surface area contributed by atoms with Gasteiger partial charge >= 0.3 is 71.7 Å². The van der Waals surface area contributed by atoms with E-state index in [1.54, 1.807) is 0 Å². The second-order valence-electron chi connectivity index (χ2n) is 33.5. The number of esters is 4. The van der Waals surface area contributed by atoms with Crippen molar-refractivity contribution in [1.82, 2.24) is 0 Å². The molecule has 8 nitrogen and oxygen atoms in total. The van der Waals surface area contributed by atoms with Crippen molar-refractivity contribution in [3.05, 3.63) is 48.6 Å². The first-order valence-corrected chi connectivity index (χ1v) is 53.1. The average molecular weight is 2010 g/mol. The van der Waals surface area contributed by atoms with Crippen LogP contribution in [0.3, 0.4) is 0 Å². The largest absolute Gasteiger partial charge is 2.00 e. The Bertz CT molecular complexity index is 1710. The van der Waals surface area contributed by atoms with Crippen LogP contribution in [0.1, 0.15) is 556 Å². The minimum absolute atomic E-state index is 0. The third-order valence-corrected chi connectivity index (χ3v) is 22.6. The van der Waals surface area contributed by atoms with E-state index in [1.807, 2.05) is 0 Å². The molecule has 0 saturated heterocycles. The predicted molar refractivity (Wildman–Crippen MR) is 557 cm³/mol.